The van der Waals surface area contributed by atoms with Crippen molar-refractivity contribution in [3.8, 4) is 5.69 Å². The summed E-state index contributed by atoms with van der Waals surface area (Å²) in [5, 5.41) is 10.7. The van der Waals surface area contributed by atoms with Crippen molar-refractivity contribution in [3.63, 3.8) is 0 Å². The fourth-order valence-corrected chi connectivity index (χ4v) is 1.37. The summed E-state index contributed by atoms with van der Waals surface area (Å²) in [4.78, 5) is 0. The van der Waals surface area contributed by atoms with Crippen LogP contribution in [0.2, 0.25) is 0 Å². The molecule has 2 aromatic rings. The fraction of sp³-hybridized carbons (Fsp3) is 0.200. The third-order valence-corrected chi connectivity index (χ3v) is 2.01. The van der Waals surface area contributed by atoms with Crippen molar-refractivity contribution in [1.82, 2.24) is 20.1 Å². The van der Waals surface area contributed by atoms with E-state index in [1.54, 1.807) is 12.7 Å². The minimum absolute atomic E-state index is 0.871. The van der Waals surface area contributed by atoms with Crippen molar-refractivity contribution in [2.45, 2.75) is 6.54 Å². The number of rotatable bonds is 3. The molecular formula is C10H12N4. The summed E-state index contributed by atoms with van der Waals surface area (Å²) >= 11 is 0. The van der Waals surface area contributed by atoms with Crippen LogP contribution < -0.4 is 5.32 Å². The molecule has 0 unspecified atom stereocenters. The summed E-state index contributed by atoms with van der Waals surface area (Å²) in [6, 6.07) is 8.26. The summed E-state index contributed by atoms with van der Waals surface area (Å²) < 4.78 is 1.89. The number of aromatic nitrogens is 3. The van der Waals surface area contributed by atoms with E-state index in [2.05, 4.69) is 27.6 Å². The van der Waals surface area contributed by atoms with Gasteiger partial charge >= 0.3 is 0 Å². The molecule has 0 bridgehead atoms. The molecule has 0 atom stereocenters. The second-order valence-electron chi connectivity index (χ2n) is 3.07. The third-order valence-electron chi connectivity index (χ3n) is 2.01. The van der Waals surface area contributed by atoms with Crippen LogP contribution in [0.3, 0.4) is 0 Å². The van der Waals surface area contributed by atoms with Crippen LogP contribution in [0.25, 0.3) is 5.69 Å². The lowest BCUT2D eigenvalue weighted by atomic mass is 10.2. The standard InChI is InChI=1S/C10H12N4/c1-11-6-9-3-2-4-10(5-9)14-7-12-13-8-14/h2-5,7-8,11H,6H2,1H3. The van der Waals surface area contributed by atoms with Gasteiger partial charge in [0.2, 0.25) is 0 Å². The Morgan fingerprint density at radius 1 is 1.29 bits per heavy atom. The van der Waals surface area contributed by atoms with E-state index < -0.39 is 0 Å². The molecule has 4 heteroatoms. The van der Waals surface area contributed by atoms with Gasteiger partial charge in [0.1, 0.15) is 12.7 Å². The number of hydrogen-bond acceptors (Lipinski definition) is 3. The average molecular weight is 188 g/mol. The van der Waals surface area contributed by atoms with Gasteiger partial charge in [0.05, 0.1) is 0 Å². The molecule has 1 N–H and O–H groups in total. The molecule has 1 aromatic heterocycles. The Bertz CT molecular complexity index is 394. The zero-order valence-corrected chi connectivity index (χ0v) is 8.01. The molecule has 0 spiro atoms. The summed E-state index contributed by atoms with van der Waals surface area (Å²) in [5.41, 5.74) is 2.33. The van der Waals surface area contributed by atoms with Crippen LogP contribution in [0, 0.1) is 0 Å². The van der Waals surface area contributed by atoms with Crippen LogP contribution in [-0.2, 0) is 6.54 Å². The molecule has 72 valence electrons. The fourth-order valence-electron chi connectivity index (χ4n) is 1.37. The Kier molecular flexibility index (Phi) is 2.55. The zero-order valence-electron chi connectivity index (χ0n) is 8.01. The normalized spacial score (nSPS) is 10.4. The van der Waals surface area contributed by atoms with Gasteiger partial charge in [-0.3, -0.25) is 4.57 Å². The number of hydrogen-bond donors (Lipinski definition) is 1. The highest BCUT2D eigenvalue weighted by Gasteiger charge is 1.96. The van der Waals surface area contributed by atoms with Crippen molar-refractivity contribution in [3.05, 3.63) is 42.5 Å². The molecule has 0 aliphatic heterocycles. The third kappa shape index (κ3) is 1.80. The lowest BCUT2D eigenvalue weighted by Gasteiger charge is -2.04. The Morgan fingerprint density at radius 2 is 2.07 bits per heavy atom. The molecular weight excluding hydrogens is 176 g/mol. The van der Waals surface area contributed by atoms with Crippen molar-refractivity contribution >= 4 is 0 Å². The minimum Gasteiger partial charge on any atom is -0.316 e. The summed E-state index contributed by atoms with van der Waals surface area (Å²) in [7, 11) is 1.94. The lowest BCUT2D eigenvalue weighted by molar-refractivity contribution is 0.816. The van der Waals surface area contributed by atoms with E-state index in [0.29, 0.717) is 0 Å². The Labute approximate surface area is 82.6 Å². The van der Waals surface area contributed by atoms with E-state index in [1.807, 2.05) is 23.7 Å². The first-order valence-corrected chi connectivity index (χ1v) is 4.48. The zero-order chi connectivity index (χ0) is 9.80. The smallest absolute Gasteiger partial charge is 0.123 e. The van der Waals surface area contributed by atoms with Crippen molar-refractivity contribution in [2.75, 3.05) is 7.05 Å². The van der Waals surface area contributed by atoms with E-state index in [4.69, 9.17) is 0 Å². The molecule has 0 aliphatic carbocycles. The topological polar surface area (TPSA) is 42.7 Å². The average Bonchev–Trinajstić information content (AvgIpc) is 2.71. The molecule has 14 heavy (non-hydrogen) atoms. The van der Waals surface area contributed by atoms with Crippen LogP contribution in [-0.4, -0.2) is 21.8 Å². The van der Waals surface area contributed by atoms with Crippen LogP contribution >= 0.6 is 0 Å². The van der Waals surface area contributed by atoms with Crippen LogP contribution in [0.5, 0.6) is 0 Å². The van der Waals surface area contributed by atoms with Crippen LogP contribution in [0.4, 0.5) is 0 Å². The molecule has 2 rings (SSSR count). The predicted molar refractivity (Wildman–Crippen MR) is 54.1 cm³/mol. The Morgan fingerprint density at radius 3 is 2.79 bits per heavy atom. The quantitative estimate of drug-likeness (QED) is 0.781. The first-order chi connectivity index (χ1) is 6.90. The van der Waals surface area contributed by atoms with Gasteiger partial charge in [-0.25, -0.2) is 0 Å². The predicted octanol–water partition coefficient (Wildman–Crippen LogP) is 0.987. The maximum Gasteiger partial charge on any atom is 0.123 e. The number of nitrogens with zero attached hydrogens (tertiary/aromatic N) is 3. The maximum absolute atomic E-state index is 3.77. The molecule has 1 aromatic carbocycles. The second kappa shape index (κ2) is 4.02. The number of benzene rings is 1. The molecule has 0 amide bonds. The van der Waals surface area contributed by atoms with E-state index in [0.717, 1.165) is 12.2 Å². The SMILES string of the molecule is CNCc1cccc(-n2cnnc2)c1. The second-order valence-corrected chi connectivity index (χ2v) is 3.07. The Hall–Kier alpha value is -1.68. The number of nitrogens with one attached hydrogen (secondary N) is 1. The lowest BCUT2D eigenvalue weighted by Crippen LogP contribution is -2.05. The van der Waals surface area contributed by atoms with Crippen molar-refractivity contribution < 1.29 is 0 Å². The van der Waals surface area contributed by atoms with Gasteiger partial charge in [-0.15, -0.1) is 10.2 Å². The summed E-state index contributed by atoms with van der Waals surface area (Å²) in [5.74, 6) is 0. The van der Waals surface area contributed by atoms with Crippen LogP contribution in [0.1, 0.15) is 5.56 Å². The first kappa shape index (κ1) is 8.90. The first-order valence-electron chi connectivity index (χ1n) is 4.48. The monoisotopic (exact) mass is 188 g/mol. The van der Waals surface area contributed by atoms with Crippen molar-refractivity contribution in [2.24, 2.45) is 0 Å². The molecule has 0 aliphatic rings. The van der Waals surface area contributed by atoms with E-state index in [9.17, 15) is 0 Å². The summed E-state index contributed by atoms with van der Waals surface area (Å²) in [6.45, 7) is 0.871. The highest BCUT2D eigenvalue weighted by molar-refractivity contribution is 5.35. The highest BCUT2D eigenvalue weighted by Crippen LogP contribution is 2.09. The molecule has 0 saturated carbocycles. The van der Waals surface area contributed by atoms with Gasteiger partial charge in [0.15, 0.2) is 0 Å². The largest absolute Gasteiger partial charge is 0.316 e. The van der Waals surface area contributed by atoms with Gasteiger partial charge < -0.3 is 5.32 Å². The van der Waals surface area contributed by atoms with E-state index in [-0.39, 0.29) is 0 Å². The molecule has 0 saturated heterocycles. The van der Waals surface area contributed by atoms with Crippen LogP contribution in [0.15, 0.2) is 36.9 Å². The van der Waals surface area contributed by atoms with Crippen molar-refractivity contribution in [1.29, 1.82) is 0 Å². The van der Waals surface area contributed by atoms with E-state index in [1.165, 1.54) is 5.56 Å². The van der Waals surface area contributed by atoms with Gasteiger partial charge in [0, 0.05) is 12.2 Å². The Balaban J connectivity index is 2.31. The highest BCUT2D eigenvalue weighted by atomic mass is 15.2. The van der Waals surface area contributed by atoms with Gasteiger partial charge in [-0.1, -0.05) is 12.1 Å². The van der Waals surface area contributed by atoms with Gasteiger partial charge in [-0.2, -0.15) is 0 Å². The van der Waals surface area contributed by atoms with Gasteiger partial charge in [-0.05, 0) is 24.7 Å². The maximum atomic E-state index is 3.77. The van der Waals surface area contributed by atoms with E-state index >= 15 is 0 Å². The van der Waals surface area contributed by atoms with Gasteiger partial charge in [0.25, 0.3) is 0 Å². The molecule has 0 radical (unpaired) electrons. The molecule has 0 fully saturated rings. The minimum atomic E-state index is 0.871. The summed E-state index contributed by atoms with van der Waals surface area (Å²) in [6.07, 6.45) is 3.39. The molecule has 1 heterocycles. The molecule has 4 nitrogen and oxygen atoms in total.